The van der Waals surface area contributed by atoms with Crippen molar-refractivity contribution in [2.75, 3.05) is 5.73 Å². The molecule has 4 nitrogen and oxygen atoms in total. The Hall–Kier alpha value is -2.10. The number of rotatable bonds is 2. The van der Waals surface area contributed by atoms with Crippen LogP contribution in [0, 0.1) is 13.8 Å². The summed E-state index contributed by atoms with van der Waals surface area (Å²) in [7, 11) is 0. The Morgan fingerprint density at radius 2 is 1.75 bits per heavy atom. The lowest BCUT2D eigenvalue weighted by atomic mass is 9.85. The molecule has 0 amide bonds. The number of nitrogens with zero attached hydrogens (tertiary/aromatic N) is 2. The molecule has 4 heteroatoms. The maximum atomic E-state index is 5.92. The van der Waals surface area contributed by atoms with E-state index >= 15 is 0 Å². The molecule has 0 aliphatic heterocycles. The molecule has 0 saturated carbocycles. The number of aryl methyl sites for hydroxylation is 2. The monoisotopic (exact) mass is 271 g/mol. The number of aromatic nitrogens is 2. The van der Waals surface area contributed by atoms with Gasteiger partial charge in [-0.3, -0.25) is 0 Å². The van der Waals surface area contributed by atoms with E-state index in [1.165, 1.54) is 5.56 Å². The molecule has 0 aliphatic carbocycles. The minimum absolute atomic E-state index is 0.00499. The van der Waals surface area contributed by atoms with Crippen molar-refractivity contribution in [2.24, 2.45) is 0 Å². The van der Waals surface area contributed by atoms with Crippen LogP contribution in [0.5, 0.6) is 11.6 Å². The molecule has 0 atom stereocenters. The van der Waals surface area contributed by atoms with E-state index in [1.54, 1.807) is 13.0 Å². The van der Waals surface area contributed by atoms with Gasteiger partial charge in [-0.25, -0.2) is 4.98 Å². The SMILES string of the molecule is Cc1ccc(Oc2cc(N)nc(C)n2)c(C(C)(C)C)c1. The Bertz CT molecular complexity index is 610. The van der Waals surface area contributed by atoms with E-state index in [0.29, 0.717) is 17.5 Å². The minimum Gasteiger partial charge on any atom is -0.439 e. The number of benzene rings is 1. The number of ether oxygens (including phenoxy) is 1. The van der Waals surface area contributed by atoms with Crippen molar-refractivity contribution < 1.29 is 4.74 Å². The van der Waals surface area contributed by atoms with Gasteiger partial charge in [-0.2, -0.15) is 4.98 Å². The van der Waals surface area contributed by atoms with E-state index in [1.807, 2.05) is 12.1 Å². The molecule has 0 saturated heterocycles. The Kier molecular flexibility index (Phi) is 3.66. The van der Waals surface area contributed by atoms with Gasteiger partial charge in [0.25, 0.3) is 0 Å². The second-order valence-electron chi connectivity index (χ2n) is 6.03. The summed E-state index contributed by atoms with van der Waals surface area (Å²) in [4.78, 5) is 8.31. The fourth-order valence-corrected chi connectivity index (χ4v) is 2.05. The Labute approximate surface area is 120 Å². The van der Waals surface area contributed by atoms with Crippen molar-refractivity contribution in [3.05, 3.63) is 41.2 Å². The van der Waals surface area contributed by atoms with Gasteiger partial charge in [0.05, 0.1) is 0 Å². The molecule has 1 heterocycles. The summed E-state index contributed by atoms with van der Waals surface area (Å²) in [5.41, 5.74) is 8.08. The van der Waals surface area contributed by atoms with Gasteiger partial charge >= 0.3 is 0 Å². The summed E-state index contributed by atoms with van der Waals surface area (Å²) in [6.45, 7) is 10.4. The molecule has 2 rings (SSSR count). The summed E-state index contributed by atoms with van der Waals surface area (Å²) in [5.74, 6) is 2.30. The topological polar surface area (TPSA) is 61.0 Å². The van der Waals surface area contributed by atoms with E-state index in [4.69, 9.17) is 10.5 Å². The van der Waals surface area contributed by atoms with Gasteiger partial charge in [0, 0.05) is 11.6 Å². The van der Waals surface area contributed by atoms with Crippen LogP contribution < -0.4 is 10.5 Å². The summed E-state index contributed by atoms with van der Waals surface area (Å²) in [5, 5.41) is 0. The first kappa shape index (κ1) is 14.3. The van der Waals surface area contributed by atoms with Crippen LogP contribution in [0.25, 0.3) is 0 Å². The second kappa shape index (κ2) is 5.12. The normalized spacial score (nSPS) is 11.4. The van der Waals surface area contributed by atoms with Crippen molar-refractivity contribution in [1.29, 1.82) is 0 Å². The molecule has 20 heavy (non-hydrogen) atoms. The van der Waals surface area contributed by atoms with E-state index in [9.17, 15) is 0 Å². The number of nitrogen functional groups attached to an aromatic ring is 1. The summed E-state index contributed by atoms with van der Waals surface area (Å²) < 4.78 is 5.92. The van der Waals surface area contributed by atoms with Gasteiger partial charge in [0.1, 0.15) is 17.4 Å². The highest BCUT2D eigenvalue weighted by Crippen LogP contribution is 2.34. The molecular formula is C16H21N3O. The van der Waals surface area contributed by atoms with Crippen molar-refractivity contribution >= 4 is 5.82 Å². The smallest absolute Gasteiger partial charge is 0.224 e. The molecular weight excluding hydrogens is 250 g/mol. The summed E-state index contributed by atoms with van der Waals surface area (Å²) in [6, 6.07) is 7.79. The van der Waals surface area contributed by atoms with Crippen molar-refractivity contribution in [3.8, 4) is 11.6 Å². The Balaban J connectivity index is 2.43. The lowest BCUT2D eigenvalue weighted by molar-refractivity contribution is 0.437. The number of anilines is 1. The summed E-state index contributed by atoms with van der Waals surface area (Å²) >= 11 is 0. The highest BCUT2D eigenvalue weighted by Gasteiger charge is 2.20. The quantitative estimate of drug-likeness (QED) is 0.903. The molecule has 0 aliphatic rings. The lowest BCUT2D eigenvalue weighted by Gasteiger charge is -2.23. The van der Waals surface area contributed by atoms with Gasteiger partial charge in [-0.15, -0.1) is 0 Å². The predicted molar refractivity (Wildman–Crippen MR) is 81.1 cm³/mol. The van der Waals surface area contributed by atoms with Crippen molar-refractivity contribution in [1.82, 2.24) is 9.97 Å². The van der Waals surface area contributed by atoms with Crippen LogP contribution in [0.15, 0.2) is 24.3 Å². The largest absolute Gasteiger partial charge is 0.439 e. The third-order valence-corrected chi connectivity index (χ3v) is 2.99. The first-order valence-electron chi connectivity index (χ1n) is 6.66. The molecule has 0 radical (unpaired) electrons. The van der Waals surface area contributed by atoms with Gasteiger partial charge in [0.15, 0.2) is 0 Å². The maximum Gasteiger partial charge on any atom is 0.224 e. The van der Waals surface area contributed by atoms with Crippen LogP contribution in [0.2, 0.25) is 0 Å². The van der Waals surface area contributed by atoms with Gasteiger partial charge in [-0.05, 0) is 25.3 Å². The molecule has 1 aromatic carbocycles. The molecule has 2 N–H and O–H groups in total. The Morgan fingerprint density at radius 3 is 2.35 bits per heavy atom. The highest BCUT2D eigenvalue weighted by atomic mass is 16.5. The molecule has 0 unspecified atom stereocenters. The van der Waals surface area contributed by atoms with Crippen LogP contribution in [0.4, 0.5) is 5.82 Å². The van der Waals surface area contributed by atoms with E-state index in [0.717, 1.165) is 11.3 Å². The van der Waals surface area contributed by atoms with E-state index < -0.39 is 0 Å². The van der Waals surface area contributed by atoms with Gasteiger partial charge in [-0.1, -0.05) is 38.5 Å². The lowest BCUT2D eigenvalue weighted by Crippen LogP contribution is -2.13. The summed E-state index contributed by atoms with van der Waals surface area (Å²) in [6.07, 6.45) is 0. The fourth-order valence-electron chi connectivity index (χ4n) is 2.05. The zero-order valence-electron chi connectivity index (χ0n) is 12.7. The zero-order chi connectivity index (χ0) is 14.9. The molecule has 0 fully saturated rings. The van der Waals surface area contributed by atoms with E-state index in [-0.39, 0.29) is 5.41 Å². The average Bonchev–Trinajstić information content (AvgIpc) is 2.28. The fraction of sp³-hybridized carbons (Fsp3) is 0.375. The van der Waals surface area contributed by atoms with Crippen molar-refractivity contribution in [3.63, 3.8) is 0 Å². The van der Waals surface area contributed by atoms with Crippen LogP contribution in [0.1, 0.15) is 37.7 Å². The highest BCUT2D eigenvalue weighted by molar-refractivity contribution is 5.44. The Morgan fingerprint density at radius 1 is 1.05 bits per heavy atom. The molecule has 2 aromatic rings. The molecule has 1 aromatic heterocycles. The molecule has 0 spiro atoms. The third-order valence-electron chi connectivity index (χ3n) is 2.99. The number of nitrogens with two attached hydrogens (primary N) is 1. The zero-order valence-corrected chi connectivity index (χ0v) is 12.7. The molecule has 106 valence electrons. The maximum absolute atomic E-state index is 5.92. The van der Waals surface area contributed by atoms with Crippen LogP contribution >= 0.6 is 0 Å². The second-order valence-corrected chi connectivity index (χ2v) is 6.03. The number of hydrogen-bond donors (Lipinski definition) is 1. The third kappa shape index (κ3) is 3.26. The van der Waals surface area contributed by atoms with Crippen molar-refractivity contribution in [2.45, 2.75) is 40.0 Å². The molecule has 0 bridgehead atoms. The number of hydrogen-bond acceptors (Lipinski definition) is 4. The first-order chi connectivity index (χ1) is 9.25. The first-order valence-corrected chi connectivity index (χ1v) is 6.66. The van der Waals surface area contributed by atoms with Gasteiger partial charge in [0.2, 0.25) is 5.88 Å². The van der Waals surface area contributed by atoms with E-state index in [2.05, 4.69) is 43.7 Å². The predicted octanol–water partition coefficient (Wildman–Crippen LogP) is 3.77. The van der Waals surface area contributed by atoms with Crippen LogP contribution in [-0.2, 0) is 5.41 Å². The van der Waals surface area contributed by atoms with Crippen LogP contribution in [-0.4, -0.2) is 9.97 Å². The van der Waals surface area contributed by atoms with Gasteiger partial charge < -0.3 is 10.5 Å². The minimum atomic E-state index is -0.00499. The average molecular weight is 271 g/mol. The standard InChI is InChI=1S/C16H21N3O/c1-10-6-7-13(12(8-10)16(3,4)5)20-15-9-14(17)18-11(2)19-15/h6-9H,1-5H3,(H2,17,18,19). The van der Waals surface area contributed by atoms with Crippen LogP contribution in [0.3, 0.4) is 0 Å².